The first kappa shape index (κ1) is 51.3. The van der Waals surface area contributed by atoms with Crippen LogP contribution in [0.4, 0.5) is 26.3 Å². The molecule has 8 rings (SSSR count). The van der Waals surface area contributed by atoms with Crippen molar-refractivity contribution in [1.82, 2.24) is 24.8 Å². The zero-order valence-electron chi connectivity index (χ0n) is 36.1. The molecule has 2 saturated carbocycles. The number of carbonyl (C=O) groups excluding carboxylic acids is 1. The molecule has 2 aliphatic carbocycles. The molecule has 17 nitrogen and oxygen atoms in total. The van der Waals surface area contributed by atoms with Crippen molar-refractivity contribution in [3.63, 3.8) is 0 Å². The van der Waals surface area contributed by atoms with Crippen molar-refractivity contribution in [3.05, 3.63) is 120 Å². The van der Waals surface area contributed by atoms with Crippen molar-refractivity contribution in [2.45, 2.75) is 43.7 Å². The van der Waals surface area contributed by atoms with Gasteiger partial charge in [0.25, 0.3) is 26.0 Å². The molecule has 0 aliphatic heterocycles. The third-order valence-electron chi connectivity index (χ3n) is 11.4. The number of methoxy groups -OCH3 is 2. The van der Waals surface area contributed by atoms with E-state index in [0.717, 1.165) is 10.6 Å². The molecule has 2 fully saturated rings. The fourth-order valence-corrected chi connectivity index (χ4v) is 13.5. The Bertz CT molecular complexity index is 3020. The molecule has 2 aliphatic rings. The number of carboxylic acids is 1. The number of carboxylic acid groups (broad SMARTS) is 1. The van der Waals surface area contributed by atoms with Gasteiger partial charge >= 0.3 is 18.3 Å². The van der Waals surface area contributed by atoms with Gasteiger partial charge in [0.05, 0.1) is 30.1 Å². The first-order valence-electron chi connectivity index (χ1n) is 20.0. The minimum Gasteiger partial charge on any atom is -0.480 e. The second kappa shape index (κ2) is 19.3. The van der Waals surface area contributed by atoms with Crippen molar-refractivity contribution in [1.29, 1.82) is 0 Å². The highest BCUT2D eigenvalue weighted by Gasteiger charge is 2.73. The van der Waals surface area contributed by atoms with Gasteiger partial charge in [-0.1, -0.05) is 71.0 Å². The molecule has 0 radical (unpaired) electrons. The lowest BCUT2D eigenvalue weighted by atomic mass is 10.1. The number of hydroxylamine groups is 2. The maximum Gasteiger partial charge on any atom is 0.452 e. The standard InChI is InChI=1S/C22H22F3N3O6S2.C20H17F3N2O6S2/c1-28(33-3)20(29)21(14(12-32-2)19(21)13-7-5-4-6-8-13)27-36(30,31)18-10-9-16(35-18)15-11-17(34-26-15)22(23,24)25;1-30-10-12-17(11-5-3-2-4-6-11)19(12,18(26)27)25-33(28,29)16-8-7-14(32-16)13-9-15(31-24-13)20(21,22)23/h4-11,14,19,27H,12H2,1-3H3;2-9,12,17,25H,10H2,1H3,(H,26,27). The van der Waals surface area contributed by atoms with Gasteiger partial charge in [0, 0.05) is 57.1 Å². The van der Waals surface area contributed by atoms with E-state index in [9.17, 15) is 57.9 Å². The fraction of sp³-hybridized carbons (Fsp3) is 0.333. The van der Waals surface area contributed by atoms with Crippen molar-refractivity contribution >= 4 is 54.6 Å². The lowest BCUT2D eigenvalue weighted by Crippen LogP contribution is -2.51. The van der Waals surface area contributed by atoms with Crippen LogP contribution >= 0.6 is 22.7 Å². The molecule has 0 spiro atoms. The number of rotatable bonds is 17. The smallest absolute Gasteiger partial charge is 0.452 e. The highest BCUT2D eigenvalue weighted by Crippen LogP contribution is 2.60. The number of alkyl halides is 6. The van der Waals surface area contributed by atoms with E-state index in [0.29, 0.717) is 40.4 Å². The van der Waals surface area contributed by atoms with Gasteiger partial charge in [0.15, 0.2) is 0 Å². The third kappa shape index (κ3) is 10.1. The molecule has 6 atom stereocenters. The fourth-order valence-electron chi connectivity index (χ4n) is 8.14. The number of ether oxygens (including phenoxy) is 2. The monoisotopic (exact) mass is 1050 g/mol. The number of nitrogens with zero attached hydrogens (tertiary/aromatic N) is 3. The normalized spacial score (nSPS) is 22.4. The van der Waals surface area contributed by atoms with Gasteiger partial charge in [-0.15, -0.1) is 22.7 Å². The van der Waals surface area contributed by atoms with E-state index in [1.54, 1.807) is 60.7 Å². The third-order valence-corrected chi connectivity index (χ3v) is 17.6. The summed E-state index contributed by atoms with van der Waals surface area (Å²) in [6.45, 7) is 0.0868. The summed E-state index contributed by atoms with van der Waals surface area (Å²) in [4.78, 5) is 31.1. The van der Waals surface area contributed by atoms with Crippen LogP contribution < -0.4 is 9.44 Å². The van der Waals surface area contributed by atoms with Crippen LogP contribution in [0.25, 0.3) is 21.1 Å². The lowest BCUT2D eigenvalue weighted by molar-refractivity contribution is -0.172. The molecule has 370 valence electrons. The van der Waals surface area contributed by atoms with Crippen LogP contribution in [0.2, 0.25) is 0 Å². The molecule has 1 amide bonds. The number of sulfonamides is 2. The molecule has 3 N–H and O–H groups in total. The molecule has 27 heteroatoms. The Hall–Kier alpha value is -5.52. The largest absolute Gasteiger partial charge is 0.480 e. The number of thiophene rings is 2. The highest BCUT2D eigenvalue weighted by atomic mass is 32.3. The molecule has 4 aromatic heterocycles. The summed E-state index contributed by atoms with van der Waals surface area (Å²) in [7, 11) is -3.18. The Balaban J connectivity index is 0.000000205. The highest BCUT2D eigenvalue weighted by molar-refractivity contribution is 7.92. The maximum absolute atomic E-state index is 13.5. The number of aliphatic carboxylic acids is 1. The van der Waals surface area contributed by atoms with Gasteiger partial charge in [0.1, 0.15) is 30.9 Å². The van der Waals surface area contributed by atoms with Crippen LogP contribution in [-0.4, -0.2) is 102 Å². The number of amides is 1. The summed E-state index contributed by atoms with van der Waals surface area (Å²) in [6.07, 6.45) is -9.46. The zero-order chi connectivity index (χ0) is 50.3. The average Bonchev–Trinajstić information content (AvgIpc) is 3.84. The van der Waals surface area contributed by atoms with E-state index < -0.39 is 90.5 Å². The van der Waals surface area contributed by atoms with E-state index in [4.69, 9.17) is 14.3 Å². The molecule has 2 aromatic carbocycles. The van der Waals surface area contributed by atoms with Gasteiger partial charge in [-0.25, -0.2) is 21.9 Å². The molecule has 6 unspecified atom stereocenters. The Labute approximate surface area is 397 Å². The topological polar surface area (TPSA) is 230 Å². The van der Waals surface area contributed by atoms with Crippen LogP contribution in [0.1, 0.15) is 34.5 Å². The van der Waals surface area contributed by atoms with Crippen LogP contribution in [0.3, 0.4) is 0 Å². The lowest BCUT2D eigenvalue weighted by Gasteiger charge is -2.24. The van der Waals surface area contributed by atoms with E-state index in [1.807, 2.05) is 0 Å². The number of likely N-dealkylation sites (N-methyl/N-ethyl adjacent to an activating group) is 1. The van der Waals surface area contributed by atoms with E-state index in [2.05, 4.69) is 28.8 Å². The number of halogens is 6. The van der Waals surface area contributed by atoms with Gasteiger partial charge in [-0.05, 0) is 35.4 Å². The minimum absolute atomic E-state index is 0.00320. The molecule has 69 heavy (non-hydrogen) atoms. The second-order valence-corrected chi connectivity index (χ2v) is 21.5. The Morgan fingerprint density at radius 2 is 1.07 bits per heavy atom. The predicted octanol–water partition coefficient (Wildman–Crippen LogP) is 7.10. The van der Waals surface area contributed by atoms with Crippen molar-refractivity contribution in [2.24, 2.45) is 11.8 Å². The quantitative estimate of drug-likeness (QED) is 0.0612. The molecular formula is C42H39F6N5O12S4. The summed E-state index contributed by atoms with van der Waals surface area (Å²) in [5.41, 5.74) is -2.43. The van der Waals surface area contributed by atoms with Gasteiger partial charge in [0.2, 0.25) is 11.5 Å². The van der Waals surface area contributed by atoms with Crippen LogP contribution in [-0.2, 0) is 56.3 Å². The average molecular weight is 1050 g/mol. The van der Waals surface area contributed by atoms with Crippen LogP contribution in [0.15, 0.2) is 115 Å². The number of nitrogens with one attached hydrogen (secondary N) is 2. The SMILES string of the molecule is COCC1C(c2ccccc2)C1(NS(=O)(=O)c1ccc(-c2cc(C(F)(F)F)on2)s1)C(=O)N(C)OC.COCC1C(c2ccccc2)C1(NS(=O)(=O)c1ccc(-c2cc(C(F)(F)F)on2)s1)C(=O)O. The van der Waals surface area contributed by atoms with E-state index in [1.165, 1.54) is 52.6 Å². The van der Waals surface area contributed by atoms with Gasteiger partial charge in [-0.2, -0.15) is 35.8 Å². The number of carbonyl (C=O) groups is 2. The Morgan fingerprint density at radius 1 is 0.681 bits per heavy atom. The molecule has 4 heterocycles. The van der Waals surface area contributed by atoms with Crippen molar-refractivity contribution in [2.75, 3.05) is 41.6 Å². The number of aromatic nitrogens is 2. The summed E-state index contributed by atoms with van der Waals surface area (Å²) in [5.74, 6) is -7.03. The Morgan fingerprint density at radius 3 is 1.43 bits per heavy atom. The van der Waals surface area contributed by atoms with Crippen LogP contribution in [0, 0.1) is 11.8 Å². The molecule has 6 aromatic rings. The summed E-state index contributed by atoms with van der Waals surface area (Å²) >= 11 is 1.34. The van der Waals surface area contributed by atoms with Gasteiger partial charge in [-0.3, -0.25) is 14.4 Å². The number of benzene rings is 2. The van der Waals surface area contributed by atoms with Crippen LogP contribution in [0.5, 0.6) is 0 Å². The van der Waals surface area contributed by atoms with Crippen molar-refractivity contribution < 1.29 is 81.2 Å². The molecular weight excluding hydrogens is 1010 g/mol. The first-order chi connectivity index (χ1) is 32.5. The predicted molar refractivity (Wildman–Crippen MR) is 232 cm³/mol. The summed E-state index contributed by atoms with van der Waals surface area (Å²) in [6, 6.07) is 23.9. The summed E-state index contributed by atoms with van der Waals surface area (Å²) < 4.78 is 153. The number of hydrogen-bond donors (Lipinski definition) is 3. The minimum atomic E-state index is -4.73. The molecule has 0 saturated heterocycles. The van der Waals surface area contributed by atoms with Gasteiger partial charge < -0.3 is 23.6 Å². The second-order valence-electron chi connectivity index (χ2n) is 15.5. The van der Waals surface area contributed by atoms with E-state index >= 15 is 0 Å². The maximum atomic E-state index is 13.5. The first-order valence-corrected chi connectivity index (χ1v) is 24.6. The number of hydrogen-bond acceptors (Lipinski definition) is 15. The molecule has 0 bridgehead atoms. The van der Waals surface area contributed by atoms with Crippen molar-refractivity contribution in [3.8, 4) is 21.1 Å². The Kier molecular flexibility index (Phi) is 14.4. The van der Waals surface area contributed by atoms with E-state index in [-0.39, 0.29) is 42.8 Å². The zero-order valence-corrected chi connectivity index (χ0v) is 39.4. The summed E-state index contributed by atoms with van der Waals surface area (Å²) in [5, 5.41) is 17.7.